The third kappa shape index (κ3) is 2.94. The topological polar surface area (TPSA) is 125 Å². The lowest BCUT2D eigenvalue weighted by Crippen LogP contribution is -2.14. The van der Waals surface area contributed by atoms with Crippen LogP contribution in [0.2, 0.25) is 0 Å². The Balaban J connectivity index is 2.03. The molecule has 0 aromatic carbocycles. The molecule has 0 unspecified atom stereocenters. The van der Waals surface area contributed by atoms with Gasteiger partial charge < -0.3 is 11.1 Å². The quantitative estimate of drug-likeness (QED) is 0.597. The summed E-state index contributed by atoms with van der Waals surface area (Å²) in [6.45, 7) is 2.94. The molecule has 19 heavy (non-hydrogen) atoms. The molecule has 9 nitrogen and oxygen atoms in total. The maximum atomic E-state index is 10.9. The van der Waals surface area contributed by atoms with Crippen LogP contribution >= 0.6 is 0 Å². The summed E-state index contributed by atoms with van der Waals surface area (Å²) in [5.41, 5.74) is 6.20. The Hall–Kier alpha value is -2.71. The summed E-state index contributed by atoms with van der Waals surface area (Å²) >= 11 is 0. The minimum Gasteiger partial charge on any atom is -0.378 e. The van der Waals surface area contributed by atoms with Gasteiger partial charge in [-0.1, -0.05) is 0 Å². The highest BCUT2D eigenvalue weighted by Crippen LogP contribution is 2.25. The highest BCUT2D eigenvalue weighted by atomic mass is 16.6. The molecule has 0 radical (unpaired) electrons. The van der Waals surface area contributed by atoms with Gasteiger partial charge in [-0.2, -0.15) is 5.10 Å². The van der Waals surface area contributed by atoms with E-state index in [2.05, 4.69) is 20.4 Å². The first-order valence-electron chi connectivity index (χ1n) is 5.55. The number of aromatic nitrogens is 4. The van der Waals surface area contributed by atoms with Gasteiger partial charge in [-0.25, -0.2) is 9.97 Å². The standard InChI is InChI=1S/C10H13N7O2/c1-7-4-15-16(5-7)3-2-12-10-8(17(18)19)9(11)13-6-14-10/h4-6H,2-3H2,1H3,(H3,11,12,13,14). The van der Waals surface area contributed by atoms with E-state index in [4.69, 9.17) is 5.73 Å². The van der Waals surface area contributed by atoms with Gasteiger partial charge in [0.25, 0.3) is 0 Å². The fraction of sp³-hybridized carbons (Fsp3) is 0.300. The van der Waals surface area contributed by atoms with Crippen molar-refractivity contribution >= 4 is 17.3 Å². The van der Waals surface area contributed by atoms with Gasteiger partial charge in [-0.15, -0.1) is 0 Å². The highest BCUT2D eigenvalue weighted by molar-refractivity contribution is 5.67. The Kier molecular flexibility index (Phi) is 3.55. The number of nitrogens with one attached hydrogen (secondary N) is 1. The molecule has 2 aromatic rings. The normalized spacial score (nSPS) is 10.4. The van der Waals surface area contributed by atoms with Gasteiger partial charge >= 0.3 is 5.69 Å². The molecule has 0 fully saturated rings. The summed E-state index contributed by atoms with van der Waals surface area (Å²) in [7, 11) is 0. The summed E-state index contributed by atoms with van der Waals surface area (Å²) in [5.74, 6) is -0.0428. The maximum absolute atomic E-state index is 10.9. The van der Waals surface area contributed by atoms with Crippen molar-refractivity contribution in [2.24, 2.45) is 0 Å². The highest BCUT2D eigenvalue weighted by Gasteiger charge is 2.20. The number of rotatable bonds is 5. The van der Waals surface area contributed by atoms with Crippen molar-refractivity contribution in [3.8, 4) is 0 Å². The molecule has 0 bridgehead atoms. The molecular formula is C10H13N7O2. The minimum atomic E-state index is -0.601. The van der Waals surface area contributed by atoms with Crippen molar-refractivity contribution in [3.63, 3.8) is 0 Å². The Morgan fingerprint density at radius 2 is 2.32 bits per heavy atom. The first-order chi connectivity index (χ1) is 9.08. The van der Waals surface area contributed by atoms with Gasteiger partial charge in [0, 0.05) is 12.7 Å². The van der Waals surface area contributed by atoms with Crippen LogP contribution in [-0.2, 0) is 6.54 Å². The predicted molar refractivity (Wildman–Crippen MR) is 68.6 cm³/mol. The zero-order chi connectivity index (χ0) is 13.8. The second-order valence-electron chi connectivity index (χ2n) is 3.92. The molecule has 0 amide bonds. The number of hydrogen-bond donors (Lipinski definition) is 2. The summed E-state index contributed by atoms with van der Waals surface area (Å²) in [5, 5.41) is 17.8. The lowest BCUT2D eigenvalue weighted by molar-refractivity contribution is -0.383. The zero-order valence-corrected chi connectivity index (χ0v) is 10.3. The van der Waals surface area contributed by atoms with Crippen LogP contribution in [0.1, 0.15) is 5.56 Å². The molecule has 0 saturated heterocycles. The van der Waals surface area contributed by atoms with Crippen LogP contribution < -0.4 is 11.1 Å². The monoisotopic (exact) mass is 263 g/mol. The number of aryl methyl sites for hydroxylation is 1. The van der Waals surface area contributed by atoms with Crippen molar-refractivity contribution in [1.29, 1.82) is 0 Å². The van der Waals surface area contributed by atoms with Gasteiger partial charge in [0.15, 0.2) is 0 Å². The smallest absolute Gasteiger partial charge is 0.352 e. The first-order valence-corrected chi connectivity index (χ1v) is 5.55. The third-order valence-corrected chi connectivity index (χ3v) is 2.43. The van der Waals surface area contributed by atoms with E-state index in [-0.39, 0.29) is 17.3 Å². The molecule has 0 atom stereocenters. The van der Waals surface area contributed by atoms with Gasteiger partial charge in [-0.05, 0) is 12.5 Å². The van der Waals surface area contributed by atoms with Crippen LogP contribution in [0.15, 0.2) is 18.7 Å². The molecule has 2 aromatic heterocycles. The second-order valence-corrected chi connectivity index (χ2v) is 3.92. The second kappa shape index (κ2) is 5.29. The van der Waals surface area contributed by atoms with Gasteiger partial charge in [-0.3, -0.25) is 14.8 Å². The van der Waals surface area contributed by atoms with Crippen LogP contribution in [0.5, 0.6) is 0 Å². The number of nitrogens with two attached hydrogens (primary N) is 1. The summed E-state index contributed by atoms with van der Waals surface area (Å²) in [6.07, 6.45) is 4.80. The third-order valence-electron chi connectivity index (χ3n) is 2.43. The molecule has 100 valence electrons. The van der Waals surface area contributed by atoms with Gasteiger partial charge in [0.05, 0.1) is 17.7 Å². The fourth-order valence-corrected chi connectivity index (χ4v) is 1.58. The van der Waals surface area contributed by atoms with Crippen LogP contribution in [-0.4, -0.2) is 31.2 Å². The van der Waals surface area contributed by atoms with Crippen LogP contribution in [0, 0.1) is 17.0 Å². The average Bonchev–Trinajstić information content (AvgIpc) is 2.74. The fourth-order valence-electron chi connectivity index (χ4n) is 1.58. The molecule has 0 aliphatic heterocycles. The SMILES string of the molecule is Cc1cnn(CCNc2ncnc(N)c2[N+](=O)[O-])c1. The minimum absolute atomic E-state index is 0.112. The number of nitro groups is 1. The number of nitrogen functional groups attached to an aromatic ring is 1. The van der Waals surface area contributed by atoms with Crippen LogP contribution in [0.25, 0.3) is 0 Å². The van der Waals surface area contributed by atoms with E-state index >= 15 is 0 Å². The number of nitrogens with zero attached hydrogens (tertiary/aromatic N) is 5. The molecule has 2 heterocycles. The molecule has 0 spiro atoms. The van der Waals surface area contributed by atoms with E-state index < -0.39 is 4.92 Å². The van der Waals surface area contributed by atoms with E-state index in [9.17, 15) is 10.1 Å². The lowest BCUT2D eigenvalue weighted by Gasteiger charge is -2.06. The maximum Gasteiger partial charge on any atom is 0.352 e. The summed E-state index contributed by atoms with van der Waals surface area (Å²) < 4.78 is 1.73. The van der Waals surface area contributed by atoms with E-state index in [1.165, 1.54) is 6.33 Å². The molecule has 0 saturated carbocycles. The Bertz CT molecular complexity index is 595. The van der Waals surface area contributed by atoms with E-state index in [1.807, 2.05) is 13.1 Å². The largest absolute Gasteiger partial charge is 0.378 e. The molecule has 2 rings (SSSR count). The summed E-state index contributed by atoms with van der Waals surface area (Å²) in [4.78, 5) is 17.7. The Labute approximate surface area is 108 Å². The molecule has 0 aliphatic carbocycles. The van der Waals surface area contributed by atoms with E-state index in [0.717, 1.165) is 5.56 Å². The van der Waals surface area contributed by atoms with Crippen LogP contribution in [0.4, 0.5) is 17.3 Å². The van der Waals surface area contributed by atoms with Crippen molar-refractivity contribution < 1.29 is 4.92 Å². The molecular weight excluding hydrogens is 250 g/mol. The Morgan fingerprint density at radius 3 is 2.95 bits per heavy atom. The predicted octanol–water partition coefficient (Wildman–Crippen LogP) is 0.584. The number of hydrogen-bond acceptors (Lipinski definition) is 7. The molecule has 3 N–H and O–H groups in total. The lowest BCUT2D eigenvalue weighted by atomic mass is 10.4. The van der Waals surface area contributed by atoms with Crippen molar-refractivity contribution in [2.45, 2.75) is 13.5 Å². The van der Waals surface area contributed by atoms with Gasteiger partial charge in [0.1, 0.15) is 6.33 Å². The molecule has 0 aliphatic rings. The first kappa shape index (κ1) is 12.7. The zero-order valence-electron chi connectivity index (χ0n) is 10.3. The van der Waals surface area contributed by atoms with Crippen molar-refractivity contribution in [3.05, 3.63) is 34.4 Å². The average molecular weight is 263 g/mol. The molecule has 9 heteroatoms. The van der Waals surface area contributed by atoms with E-state index in [0.29, 0.717) is 13.1 Å². The van der Waals surface area contributed by atoms with Gasteiger partial charge in [0.2, 0.25) is 11.6 Å². The van der Waals surface area contributed by atoms with Crippen molar-refractivity contribution in [1.82, 2.24) is 19.7 Å². The summed E-state index contributed by atoms with van der Waals surface area (Å²) in [6, 6.07) is 0. The van der Waals surface area contributed by atoms with Crippen molar-refractivity contribution in [2.75, 3.05) is 17.6 Å². The van der Waals surface area contributed by atoms with E-state index in [1.54, 1.807) is 10.9 Å². The Morgan fingerprint density at radius 1 is 1.53 bits per heavy atom. The number of anilines is 2. The van der Waals surface area contributed by atoms with Crippen LogP contribution in [0.3, 0.4) is 0 Å².